The summed E-state index contributed by atoms with van der Waals surface area (Å²) in [5.41, 5.74) is 3.68. The van der Waals surface area contributed by atoms with Crippen LogP contribution in [-0.2, 0) is 9.59 Å². The Balaban J connectivity index is 1.17. The number of carbonyl (C=O) groups excluding carboxylic acids is 2. The van der Waals surface area contributed by atoms with Crippen molar-refractivity contribution in [1.82, 2.24) is 9.80 Å². The lowest BCUT2D eigenvalue weighted by molar-refractivity contribution is -0.131. The van der Waals surface area contributed by atoms with E-state index in [0.29, 0.717) is 18.4 Å². The zero-order valence-electron chi connectivity index (χ0n) is 21.4. The molecule has 0 N–H and O–H groups in total. The van der Waals surface area contributed by atoms with Crippen LogP contribution < -0.4 is 9.47 Å². The molecule has 2 aromatic rings. The van der Waals surface area contributed by atoms with Gasteiger partial charge in [0.15, 0.2) is 11.5 Å². The topological polar surface area (TPSA) is 71.4 Å². The van der Waals surface area contributed by atoms with Gasteiger partial charge < -0.3 is 14.4 Å². The van der Waals surface area contributed by atoms with Crippen LogP contribution in [0.25, 0.3) is 11.1 Å². The minimum absolute atomic E-state index is 0.159. The molecule has 3 aliphatic heterocycles. The molecule has 1 spiro atoms. The molecule has 7 nitrogen and oxygen atoms in total. The summed E-state index contributed by atoms with van der Waals surface area (Å²) in [6.07, 6.45) is 6.77. The lowest BCUT2D eigenvalue weighted by Crippen LogP contribution is -2.44. The number of aryl methyl sites for hydroxylation is 1. The average Bonchev–Trinajstić information content (AvgIpc) is 3.25. The lowest BCUT2D eigenvalue weighted by Gasteiger charge is -2.26. The van der Waals surface area contributed by atoms with Gasteiger partial charge in [0.25, 0.3) is 5.91 Å². The van der Waals surface area contributed by atoms with Gasteiger partial charge >= 0.3 is 0 Å². The molecule has 1 saturated heterocycles. The molecule has 1 unspecified atom stereocenters. The SMILES string of the molecule is Cc1cc(-c2ccc3c(c2)OCO3)ccc1C1=NC2(CCCC2)C(=O)N1CC1CCN(C(=O)C2CC2)C1. The Labute approximate surface area is 217 Å². The standard InChI is InChI=1S/C30H33N3O4/c1-19-14-22(23-7-9-25-26(15-23)37-18-36-25)6-8-24(19)27-31-30(11-2-3-12-30)29(35)33(27)17-20-10-13-32(16-20)28(34)21-4-5-21/h6-9,14-15,20-21H,2-5,10-13,16-18H2,1H3. The fourth-order valence-electron chi connectivity index (χ4n) is 6.52. The predicted octanol–water partition coefficient (Wildman–Crippen LogP) is 4.55. The number of amides is 2. The Morgan fingerprint density at radius 2 is 1.78 bits per heavy atom. The van der Waals surface area contributed by atoms with Gasteiger partial charge in [-0.3, -0.25) is 19.5 Å². The molecule has 0 bridgehead atoms. The predicted molar refractivity (Wildman–Crippen MR) is 140 cm³/mol. The summed E-state index contributed by atoms with van der Waals surface area (Å²) >= 11 is 0. The summed E-state index contributed by atoms with van der Waals surface area (Å²) in [7, 11) is 0. The summed E-state index contributed by atoms with van der Waals surface area (Å²) in [4.78, 5) is 35.6. The molecule has 5 aliphatic rings. The number of aliphatic imine (C=N–C) groups is 1. The first-order valence-corrected chi connectivity index (χ1v) is 13.7. The van der Waals surface area contributed by atoms with Crippen LogP contribution in [0, 0.1) is 18.8 Å². The second kappa shape index (κ2) is 8.61. The summed E-state index contributed by atoms with van der Waals surface area (Å²) in [6.45, 7) is 4.56. The van der Waals surface area contributed by atoms with Crippen molar-refractivity contribution in [2.75, 3.05) is 26.4 Å². The molecule has 0 aromatic heterocycles. The third-order valence-corrected chi connectivity index (χ3v) is 8.79. The van der Waals surface area contributed by atoms with E-state index in [9.17, 15) is 9.59 Å². The molecule has 0 radical (unpaired) electrons. The van der Waals surface area contributed by atoms with Crippen molar-refractivity contribution in [2.24, 2.45) is 16.8 Å². The summed E-state index contributed by atoms with van der Waals surface area (Å²) in [6, 6.07) is 12.4. The highest BCUT2D eigenvalue weighted by molar-refractivity contribution is 6.16. The van der Waals surface area contributed by atoms with Gasteiger partial charge in [-0.05, 0) is 73.8 Å². The Hall–Kier alpha value is -3.35. The van der Waals surface area contributed by atoms with Crippen LogP contribution in [0.5, 0.6) is 11.5 Å². The second-order valence-corrected chi connectivity index (χ2v) is 11.4. The van der Waals surface area contributed by atoms with Gasteiger partial charge in [-0.2, -0.15) is 0 Å². The van der Waals surface area contributed by atoms with Gasteiger partial charge in [0.1, 0.15) is 11.4 Å². The molecule has 2 saturated carbocycles. The van der Waals surface area contributed by atoms with Crippen molar-refractivity contribution in [2.45, 2.75) is 57.4 Å². The van der Waals surface area contributed by atoms with Crippen molar-refractivity contribution in [3.8, 4) is 22.6 Å². The summed E-state index contributed by atoms with van der Waals surface area (Å²) in [5.74, 6) is 3.37. The Morgan fingerprint density at radius 3 is 2.57 bits per heavy atom. The van der Waals surface area contributed by atoms with Crippen LogP contribution in [0.15, 0.2) is 41.4 Å². The minimum Gasteiger partial charge on any atom is -0.454 e. The van der Waals surface area contributed by atoms with E-state index in [4.69, 9.17) is 14.5 Å². The van der Waals surface area contributed by atoms with Crippen molar-refractivity contribution < 1.29 is 19.1 Å². The highest BCUT2D eigenvalue weighted by atomic mass is 16.7. The van der Waals surface area contributed by atoms with E-state index in [1.165, 1.54) is 0 Å². The number of nitrogens with zero attached hydrogens (tertiary/aromatic N) is 3. The maximum atomic E-state index is 13.8. The number of carbonyl (C=O) groups is 2. The molecule has 37 heavy (non-hydrogen) atoms. The highest BCUT2D eigenvalue weighted by Gasteiger charge is 2.51. The maximum Gasteiger partial charge on any atom is 0.256 e. The second-order valence-electron chi connectivity index (χ2n) is 11.4. The van der Waals surface area contributed by atoms with Gasteiger partial charge in [-0.25, -0.2) is 0 Å². The monoisotopic (exact) mass is 499 g/mol. The fraction of sp³-hybridized carbons (Fsp3) is 0.500. The minimum atomic E-state index is -0.597. The van der Waals surface area contributed by atoms with Crippen LogP contribution in [0.3, 0.4) is 0 Å². The molecular formula is C30H33N3O4. The van der Waals surface area contributed by atoms with E-state index >= 15 is 0 Å². The van der Waals surface area contributed by atoms with Gasteiger partial charge in [-0.1, -0.05) is 37.1 Å². The molecule has 7 heteroatoms. The van der Waals surface area contributed by atoms with Crippen molar-refractivity contribution >= 4 is 17.6 Å². The van der Waals surface area contributed by atoms with E-state index in [-0.39, 0.29) is 18.6 Å². The molecule has 3 heterocycles. The molecular weight excluding hydrogens is 466 g/mol. The number of hydrogen-bond acceptors (Lipinski definition) is 5. The average molecular weight is 500 g/mol. The van der Waals surface area contributed by atoms with E-state index in [0.717, 1.165) is 97.6 Å². The van der Waals surface area contributed by atoms with Crippen LogP contribution >= 0.6 is 0 Å². The third-order valence-electron chi connectivity index (χ3n) is 8.79. The Kier molecular flexibility index (Phi) is 5.31. The van der Waals surface area contributed by atoms with Crippen LogP contribution in [0.1, 0.15) is 56.1 Å². The van der Waals surface area contributed by atoms with E-state index in [1.54, 1.807) is 0 Å². The number of hydrogen-bond donors (Lipinski definition) is 0. The van der Waals surface area contributed by atoms with E-state index in [2.05, 4.69) is 25.1 Å². The number of likely N-dealkylation sites (tertiary alicyclic amines) is 1. The Morgan fingerprint density at radius 1 is 1.03 bits per heavy atom. The number of benzene rings is 2. The lowest BCUT2D eigenvalue weighted by atomic mass is 9.97. The highest BCUT2D eigenvalue weighted by Crippen LogP contribution is 2.42. The smallest absolute Gasteiger partial charge is 0.256 e. The molecule has 2 aliphatic carbocycles. The number of amidine groups is 1. The van der Waals surface area contributed by atoms with Gasteiger partial charge in [0.05, 0.1) is 0 Å². The first kappa shape index (κ1) is 22.8. The van der Waals surface area contributed by atoms with Gasteiger partial charge in [0.2, 0.25) is 12.7 Å². The van der Waals surface area contributed by atoms with Crippen molar-refractivity contribution in [3.63, 3.8) is 0 Å². The molecule has 2 amide bonds. The van der Waals surface area contributed by atoms with E-state index < -0.39 is 5.54 Å². The molecule has 1 atom stereocenters. The first-order chi connectivity index (χ1) is 18.0. The summed E-state index contributed by atoms with van der Waals surface area (Å²) in [5, 5.41) is 0. The van der Waals surface area contributed by atoms with Crippen molar-refractivity contribution in [3.05, 3.63) is 47.5 Å². The first-order valence-electron chi connectivity index (χ1n) is 13.7. The largest absolute Gasteiger partial charge is 0.454 e. The number of ether oxygens (including phenoxy) is 2. The zero-order valence-corrected chi connectivity index (χ0v) is 21.4. The summed E-state index contributed by atoms with van der Waals surface area (Å²) < 4.78 is 11.0. The van der Waals surface area contributed by atoms with Crippen molar-refractivity contribution in [1.29, 1.82) is 0 Å². The molecule has 3 fully saturated rings. The van der Waals surface area contributed by atoms with E-state index in [1.807, 2.05) is 28.0 Å². The quantitative estimate of drug-likeness (QED) is 0.605. The fourth-order valence-corrected chi connectivity index (χ4v) is 6.52. The Bertz CT molecular complexity index is 1310. The van der Waals surface area contributed by atoms with Gasteiger partial charge in [0, 0.05) is 31.1 Å². The number of rotatable bonds is 5. The third kappa shape index (κ3) is 3.90. The zero-order chi connectivity index (χ0) is 25.1. The van der Waals surface area contributed by atoms with Gasteiger partial charge in [-0.15, -0.1) is 0 Å². The number of fused-ring (bicyclic) bond motifs is 1. The normalized spacial score (nSPS) is 23.9. The van der Waals surface area contributed by atoms with Crippen LogP contribution in [-0.4, -0.2) is 59.4 Å². The molecule has 7 rings (SSSR count). The molecule has 2 aromatic carbocycles. The molecule has 192 valence electrons. The van der Waals surface area contributed by atoms with Crippen LogP contribution in [0.4, 0.5) is 0 Å². The van der Waals surface area contributed by atoms with Crippen LogP contribution in [0.2, 0.25) is 0 Å². The maximum absolute atomic E-state index is 13.8.